The van der Waals surface area contributed by atoms with Crippen LogP contribution in [0.3, 0.4) is 0 Å². The van der Waals surface area contributed by atoms with Gasteiger partial charge in [0.05, 0.1) is 86.9 Å². The monoisotopic (exact) mass is 538 g/mol. The Bertz CT molecular complexity index is 877. The maximum absolute atomic E-state index is 9.87. The van der Waals surface area contributed by atoms with Crippen molar-refractivity contribution < 1.29 is 48.1 Å². The number of aliphatic hydroxyl groups is 1. The standard InChI is InChI=1S/C28H42O10/c1-31-26-18-23(17-25(30)21-26)3-4-24-19-27(32-2)22-28(20-24)38-16-15-37-14-13-36-12-11-35-10-9-34-8-7-33-6-5-29/h17-22,29-30H,3-16H2,1-2H3. The molecule has 0 fully saturated rings. The smallest absolute Gasteiger partial charge is 0.123 e. The van der Waals surface area contributed by atoms with Crippen LogP contribution in [-0.4, -0.2) is 104 Å². The molecule has 0 radical (unpaired) electrons. The van der Waals surface area contributed by atoms with Crippen LogP contribution in [0.4, 0.5) is 0 Å². The first-order valence-corrected chi connectivity index (χ1v) is 12.8. The zero-order chi connectivity index (χ0) is 27.3. The number of ether oxygens (including phenoxy) is 8. The summed E-state index contributed by atoms with van der Waals surface area (Å²) in [5.41, 5.74) is 2.05. The van der Waals surface area contributed by atoms with Crippen molar-refractivity contribution in [2.24, 2.45) is 0 Å². The highest BCUT2D eigenvalue weighted by Crippen LogP contribution is 2.26. The highest BCUT2D eigenvalue weighted by Gasteiger charge is 2.06. The fourth-order valence-corrected chi connectivity index (χ4v) is 3.44. The molecule has 10 heteroatoms. The van der Waals surface area contributed by atoms with Crippen LogP contribution in [0.5, 0.6) is 23.0 Å². The topological polar surface area (TPSA) is 114 Å². The van der Waals surface area contributed by atoms with Gasteiger partial charge in [0.1, 0.15) is 29.6 Å². The molecule has 2 rings (SSSR count). The second-order valence-corrected chi connectivity index (χ2v) is 8.19. The molecule has 214 valence electrons. The van der Waals surface area contributed by atoms with Gasteiger partial charge in [-0.1, -0.05) is 0 Å². The third-order valence-corrected chi connectivity index (χ3v) is 5.28. The van der Waals surface area contributed by atoms with Crippen molar-refractivity contribution in [3.05, 3.63) is 47.5 Å². The van der Waals surface area contributed by atoms with Gasteiger partial charge in [0.2, 0.25) is 0 Å². The van der Waals surface area contributed by atoms with Crippen molar-refractivity contribution in [2.45, 2.75) is 12.8 Å². The molecule has 0 spiro atoms. The van der Waals surface area contributed by atoms with E-state index >= 15 is 0 Å². The number of aromatic hydroxyl groups is 1. The van der Waals surface area contributed by atoms with Gasteiger partial charge in [0.15, 0.2) is 0 Å². The molecule has 38 heavy (non-hydrogen) atoms. The summed E-state index contributed by atoms with van der Waals surface area (Å²) in [4.78, 5) is 0. The highest BCUT2D eigenvalue weighted by molar-refractivity contribution is 5.40. The van der Waals surface area contributed by atoms with Crippen LogP contribution < -0.4 is 14.2 Å². The lowest BCUT2D eigenvalue weighted by Crippen LogP contribution is -2.14. The predicted octanol–water partition coefficient (Wildman–Crippen LogP) is 2.65. The van der Waals surface area contributed by atoms with Crippen molar-refractivity contribution in [1.82, 2.24) is 0 Å². The molecule has 0 heterocycles. The van der Waals surface area contributed by atoms with Crippen LogP contribution in [0, 0.1) is 0 Å². The quantitative estimate of drug-likeness (QED) is 0.205. The summed E-state index contributed by atoms with van der Waals surface area (Å²) >= 11 is 0. The molecular formula is C28H42O10. The molecule has 2 aromatic carbocycles. The molecule has 0 saturated heterocycles. The van der Waals surface area contributed by atoms with E-state index in [4.69, 9.17) is 43.0 Å². The van der Waals surface area contributed by atoms with Crippen LogP contribution >= 0.6 is 0 Å². The Kier molecular flexibility index (Phi) is 17.0. The molecule has 0 amide bonds. The van der Waals surface area contributed by atoms with Crippen molar-refractivity contribution in [1.29, 1.82) is 0 Å². The Morgan fingerprint density at radius 3 is 1.42 bits per heavy atom. The number of hydrogen-bond acceptors (Lipinski definition) is 10. The van der Waals surface area contributed by atoms with E-state index in [9.17, 15) is 5.11 Å². The molecule has 0 saturated carbocycles. The lowest BCUT2D eigenvalue weighted by Gasteiger charge is -2.12. The molecule has 0 atom stereocenters. The first-order chi connectivity index (χ1) is 18.6. The van der Waals surface area contributed by atoms with E-state index in [1.54, 1.807) is 26.4 Å². The van der Waals surface area contributed by atoms with Crippen molar-refractivity contribution in [3.8, 4) is 23.0 Å². The molecular weight excluding hydrogens is 496 g/mol. The average Bonchev–Trinajstić information content (AvgIpc) is 2.93. The van der Waals surface area contributed by atoms with E-state index < -0.39 is 0 Å². The summed E-state index contributed by atoms with van der Waals surface area (Å²) in [5, 5.41) is 18.5. The molecule has 10 nitrogen and oxygen atoms in total. The molecule has 2 aromatic rings. The fourth-order valence-electron chi connectivity index (χ4n) is 3.44. The zero-order valence-electron chi connectivity index (χ0n) is 22.5. The van der Waals surface area contributed by atoms with E-state index in [0.717, 1.165) is 29.7 Å². The van der Waals surface area contributed by atoms with Crippen molar-refractivity contribution in [3.63, 3.8) is 0 Å². The Morgan fingerprint density at radius 2 is 0.921 bits per heavy atom. The number of aliphatic hydroxyl groups excluding tert-OH is 1. The van der Waals surface area contributed by atoms with E-state index in [1.807, 2.05) is 24.3 Å². The highest BCUT2D eigenvalue weighted by atomic mass is 16.6. The van der Waals surface area contributed by atoms with Crippen LogP contribution in [0.15, 0.2) is 36.4 Å². The lowest BCUT2D eigenvalue weighted by atomic mass is 10.0. The predicted molar refractivity (Wildman–Crippen MR) is 142 cm³/mol. The van der Waals surface area contributed by atoms with E-state index in [2.05, 4.69) is 0 Å². The molecule has 0 bridgehead atoms. The number of phenols is 1. The van der Waals surface area contributed by atoms with Crippen LogP contribution in [0.2, 0.25) is 0 Å². The maximum Gasteiger partial charge on any atom is 0.123 e. The summed E-state index contributed by atoms with van der Waals surface area (Å²) in [5.74, 6) is 2.26. The lowest BCUT2D eigenvalue weighted by molar-refractivity contribution is -0.0146. The van der Waals surface area contributed by atoms with Crippen LogP contribution in [0.1, 0.15) is 11.1 Å². The maximum atomic E-state index is 9.87. The number of phenolic OH excluding ortho intramolecular Hbond substituents is 1. The van der Waals surface area contributed by atoms with Gasteiger partial charge in [-0.3, -0.25) is 0 Å². The fraction of sp³-hybridized carbons (Fsp3) is 0.571. The van der Waals surface area contributed by atoms with Crippen molar-refractivity contribution in [2.75, 3.05) is 93.5 Å². The average molecular weight is 539 g/mol. The van der Waals surface area contributed by atoms with Gasteiger partial charge in [-0.15, -0.1) is 0 Å². The van der Waals surface area contributed by atoms with Gasteiger partial charge in [0, 0.05) is 12.1 Å². The van der Waals surface area contributed by atoms with E-state index in [1.165, 1.54) is 0 Å². The minimum atomic E-state index is 0.0211. The Labute approximate surface area is 225 Å². The Balaban J connectivity index is 1.53. The summed E-state index contributed by atoms with van der Waals surface area (Å²) in [6.45, 7) is 5.06. The molecule has 2 N–H and O–H groups in total. The third-order valence-electron chi connectivity index (χ3n) is 5.28. The van der Waals surface area contributed by atoms with Gasteiger partial charge in [-0.2, -0.15) is 0 Å². The number of hydrogen-bond donors (Lipinski definition) is 2. The van der Waals surface area contributed by atoms with Crippen molar-refractivity contribution >= 4 is 0 Å². The minimum absolute atomic E-state index is 0.0211. The van der Waals surface area contributed by atoms with Gasteiger partial charge in [-0.25, -0.2) is 0 Å². The summed E-state index contributed by atoms with van der Waals surface area (Å²) in [7, 11) is 3.21. The molecule has 0 aliphatic carbocycles. The largest absolute Gasteiger partial charge is 0.508 e. The summed E-state index contributed by atoms with van der Waals surface area (Å²) in [6, 6.07) is 11.1. The first kappa shape index (κ1) is 31.6. The van der Waals surface area contributed by atoms with Crippen LogP contribution in [-0.2, 0) is 36.5 Å². The summed E-state index contributed by atoms with van der Waals surface area (Å²) < 4.78 is 43.4. The summed E-state index contributed by atoms with van der Waals surface area (Å²) in [6.07, 6.45) is 1.49. The van der Waals surface area contributed by atoms with Gasteiger partial charge >= 0.3 is 0 Å². The second-order valence-electron chi connectivity index (χ2n) is 8.19. The Hall–Kier alpha value is -2.60. The van der Waals surface area contributed by atoms with Crippen LogP contribution in [0.25, 0.3) is 0 Å². The molecule has 0 unspecified atom stereocenters. The number of rotatable bonds is 23. The molecule has 0 aromatic heterocycles. The van der Waals surface area contributed by atoms with E-state index in [-0.39, 0.29) is 12.4 Å². The van der Waals surface area contributed by atoms with Gasteiger partial charge in [-0.05, 0) is 48.2 Å². The van der Waals surface area contributed by atoms with Gasteiger partial charge in [0.25, 0.3) is 0 Å². The van der Waals surface area contributed by atoms with E-state index in [0.29, 0.717) is 84.2 Å². The third kappa shape index (κ3) is 14.4. The normalized spacial score (nSPS) is 11.0. The Morgan fingerprint density at radius 1 is 0.500 bits per heavy atom. The molecule has 0 aliphatic heterocycles. The SMILES string of the molecule is COc1cc(O)cc(CCc2cc(OC)cc(OCCOCCOCCOCCOCCOCCO)c2)c1. The van der Waals surface area contributed by atoms with Gasteiger partial charge < -0.3 is 48.1 Å². The first-order valence-electron chi connectivity index (χ1n) is 12.8. The minimum Gasteiger partial charge on any atom is -0.508 e. The zero-order valence-corrected chi connectivity index (χ0v) is 22.5. The number of methoxy groups -OCH3 is 2. The second kappa shape index (κ2) is 20.4. The molecule has 0 aliphatic rings. The number of benzene rings is 2. The number of aryl methyl sites for hydroxylation is 2.